The third-order valence-corrected chi connectivity index (χ3v) is 3.51. The van der Waals surface area contributed by atoms with Gasteiger partial charge in [-0.25, -0.2) is 9.69 Å². The van der Waals surface area contributed by atoms with E-state index in [1.807, 2.05) is 47.1 Å². The molecule has 0 radical (unpaired) electrons. The van der Waals surface area contributed by atoms with E-state index in [-0.39, 0.29) is 30.5 Å². The normalized spacial score (nSPS) is 14.9. The summed E-state index contributed by atoms with van der Waals surface area (Å²) in [6.07, 6.45) is 0.0504. The van der Waals surface area contributed by atoms with Crippen molar-refractivity contribution in [2.75, 3.05) is 34.7 Å². The number of quaternary nitrogens is 1. The van der Waals surface area contributed by atoms with E-state index in [2.05, 4.69) is 0 Å². The summed E-state index contributed by atoms with van der Waals surface area (Å²) < 4.78 is 11.7. The first-order valence-corrected chi connectivity index (χ1v) is 7.58. The Morgan fingerprint density at radius 2 is 1.92 bits per heavy atom. The summed E-state index contributed by atoms with van der Waals surface area (Å²) >= 11 is 0. The zero-order chi connectivity index (χ0) is 17.4. The van der Waals surface area contributed by atoms with Crippen LogP contribution in [0.1, 0.15) is 19.4 Å². The number of rotatable bonds is 3. The van der Waals surface area contributed by atoms with Crippen LogP contribution in [0.3, 0.4) is 0 Å². The molecule has 0 atom stereocenters. The molecule has 0 saturated carbocycles. The number of hydrogen-bond acceptors (Lipinski definition) is 4. The number of likely N-dealkylation sites (N-methyl/N-ethyl adjacent to an activating group) is 2. The Morgan fingerprint density at radius 1 is 1.29 bits per heavy atom. The largest absolute Gasteiger partial charge is 1.00 e. The summed E-state index contributed by atoms with van der Waals surface area (Å²) in [5, 5.41) is 0. The summed E-state index contributed by atoms with van der Waals surface area (Å²) in [5.41, 5.74) is 0.677. The van der Waals surface area contributed by atoms with Gasteiger partial charge in [-0.05, 0) is 19.9 Å². The fourth-order valence-corrected chi connectivity index (χ4v) is 2.44. The summed E-state index contributed by atoms with van der Waals surface area (Å²) in [5.74, 6) is 0.637. The number of halogens is 1. The SMILES string of the molecule is CN(C(=O)C[N+](C)(C)C)C(=O)Oc1cccc2c1OC(C)(C)C2.[Cl-]. The van der Waals surface area contributed by atoms with Crippen LogP contribution < -0.4 is 21.9 Å². The summed E-state index contributed by atoms with van der Waals surface area (Å²) in [4.78, 5) is 25.3. The van der Waals surface area contributed by atoms with Gasteiger partial charge in [-0.2, -0.15) is 0 Å². The molecule has 0 aromatic heterocycles. The van der Waals surface area contributed by atoms with E-state index in [1.54, 1.807) is 6.07 Å². The molecule has 134 valence electrons. The minimum absolute atomic E-state index is 0. The van der Waals surface area contributed by atoms with Crippen LogP contribution >= 0.6 is 0 Å². The molecule has 0 bridgehead atoms. The number of fused-ring (bicyclic) bond motifs is 1. The van der Waals surface area contributed by atoms with Gasteiger partial charge in [0.2, 0.25) is 0 Å². The van der Waals surface area contributed by atoms with Crippen molar-refractivity contribution in [1.29, 1.82) is 0 Å². The number of amides is 2. The Labute approximate surface area is 149 Å². The summed E-state index contributed by atoms with van der Waals surface area (Å²) in [6, 6.07) is 5.45. The molecule has 7 heteroatoms. The average molecular weight is 357 g/mol. The lowest BCUT2D eigenvalue weighted by Crippen LogP contribution is -3.00. The van der Waals surface area contributed by atoms with Crippen LogP contribution in [0.5, 0.6) is 11.5 Å². The number of nitrogens with zero attached hydrogens (tertiary/aromatic N) is 2. The van der Waals surface area contributed by atoms with E-state index in [4.69, 9.17) is 9.47 Å². The van der Waals surface area contributed by atoms with E-state index in [1.165, 1.54) is 7.05 Å². The minimum atomic E-state index is -0.704. The second-order valence-corrected chi connectivity index (χ2v) is 7.55. The van der Waals surface area contributed by atoms with Gasteiger partial charge in [-0.3, -0.25) is 4.79 Å². The third kappa shape index (κ3) is 4.85. The predicted octanol–water partition coefficient (Wildman–Crippen LogP) is -0.932. The van der Waals surface area contributed by atoms with Crippen molar-refractivity contribution in [3.8, 4) is 11.5 Å². The van der Waals surface area contributed by atoms with Crippen LogP contribution in [0.2, 0.25) is 0 Å². The highest BCUT2D eigenvalue weighted by Crippen LogP contribution is 2.41. The number of carbonyl (C=O) groups is 2. The molecule has 0 aliphatic carbocycles. The Balaban J connectivity index is 0.00000288. The van der Waals surface area contributed by atoms with Gasteiger partial charge in [0.25, 0.3) is 5.91 Å². The van der Waals surface area contributed by atoms with Crippen molar-refractivity contribution in [2.45, 2.75) is 25.9 Å². The first-order chi connectivity index (χ1) is 10.5. The van der Waals surface area contributed by atoms with E-state index in [0.717, 1.165) is 16.9 Å². The second-order valence-electron chi connectivity index (χ2n) is 7.55. The van der Waals surface area contributed by atoms with Crippen LogP contribution in [0, 0.1) is 0 Å². The average Bonchev–Trinajstić information content (AvgIpc) is 2.71. The molecule has 6 nitrogen and oxygen atoms in total. The first-order valence-electron chi connectivity index (χ1n) is 7.58. The number of carbonyl (C=O) groups excluding carboxylic acids is 2. The quantitative estimate of drug-likeness (QED) is 0.657. The van der Waals surface area contributed by atoms with Crippen LogP contribution in [0.25, 0.3) is 0 Å². The van der Waals surface area contributed by atoms with Gasteiger partial charge in [0.05, 0.1) is 21.1 Å². The number of ether oxygens (including phenoxy) is 2. The van der Waals surface area contributed by atoms with Gasteiger partial charge < -0.3 is 26.4 Å². The zero-order valence-electron chi connectivity index (χ0n) is 15.1. The molecule has 2 rings (SSSR count). The Bertz CT molecular complexity index is 638. The van der Waals surface area contributed by atoms with Gasteiger partial charge in [0.1, 0.15) is 5.60 Å². The summed E-state index contributed by atoms with van der Waals surface area (Å²) in [7, 11) is 7.08. The summed E-state index contributed by atoms with van der Waals surface area (Å²) in [6.45, 7) is 4.17. The molecule has 1 aromatic carbocycles. The second kappa shape index (κ2) is 6.99. The molecule has 1 aliphatic rings. The lowest BCUT2D eigenvalue weighted by Gasteiger charge is -2.25. The Morgan fingerprint density at radius 3 is 2.50 bits per heavy atom. The number of hydrogen-bond donors (Lipinski definition) is 0. The van der Waals surface area contributed by atoms with Crippen molar-refractivity contribution in [1.82, 2.24) is 4.90 Å². The lowest BCUT2D eigenvalue weighted by molar-refractivity contribution is -0.862. The maximum atomic E-state index is 12.2. The monoisotopic (exact) mass is 356 g/mol. The number of para-hydroxylation sites is 1. The standard InChI is InChI=1S/C17H25N2O4.ClH/c1-17(2)10-12-8-7-9-13(15(12)23-17)22-16(21)18(3)14(20)11-19(4,5)6;/h7-9H,10-11H2,1-6H3;1H/q+1;/p-1. The molecule has 0 fully saturated rings. The molecule has 0 unspecified atom stereocenters. The van der Waals surface area contributed by atoms with Gasteiger partial charge >= 0.3 is 6.09 Å². The molecular formula is C17H25ClN2O4. The van der Waals surface area contributed by atoms with Crippen LogP contribution in [0.15, 0.2) is 18.2 Å². The van der Waals surface area contributed by atoms with Crippen LogP contribution in [-0.2, 0) is 11.2 Å². The van der Waals surface area contributed by atoms with Crippen LogP contribution in [0.4, 0.5) is 4.79 Å². The molecule has 1 aliphatic heterocycles. The smallest absolute Gasteiger partial charge is 0.422 e. The first kappa shape index (κ1) is 20.3. The Hall–Kier alpha value is -1.79. The van der Waals surface area contributed by atoms with Gasteiger partial charge in [-0.15, -0.1) is 0 Å². The van der Waals surface area contributed by atoms with Crippen molar-refractivity contribution >= 4 is 12.0 Å². The van der Waals surface area contributed by atoms with E-state index < -0.39 is 6.09 Å². The highest BCUT2D eigenvalue weighted by Gasteiger charge is 2.33. The Kier molecular flexibility index (Phi) is 5.90. The fourth-order valence-electron chi connectivity index (χ4n) is 2.44. The third-order valence-electron chi connectivity index (χ3n) is 3.51. The van der Waals surface area contributed by atoms with Crippen LogP contribution in [-0.4, -0.2) is 61.7 Å². The topological polar surface area (TPSA) is 55.8 Å². The number of benzene rings is 1. The highest BCUT2D eigenvalue weighted by atomic mass is 35.5. The van der Waals surface area contributed by atoms with E-state index >= 15 is 0 Å². The molecule has 0 saturated heterocycles. The van der Waals surface area contributed by atoms with E-state index in [9.17, 15) is 9.59 Å². The van der Waals surface area contributed by atoms with Gasteiger partial charge in [-0.1, -0.05) is 12.1 Å². The van der Waals surface area contributed by atoms with Crippen molar-refractivity contribution in [2.24, 2.45) is 0 Å². The number of imide groups is 1. The molecular weight excluding hydrogens is 332 g/mol. The molecule has 0 spiro atoms. The lowest BCUT2D eigenvalue weighted by atomic mass is 10.0. The van der Waals surface area contributed by atoms with Gasteiger partial charge in [0.15, 0.2) is 18.0 Å². The highest BCUT2D eigenvalue weighted by molar-refractivity contribution is 5.93. The van der Waals surface area contributed by atoms with Crippen molar-refractivity contribution in [3.05, 3.63) is 23.8 Å². The molecule has 24 heavy (non-hydrogen) atoms. The predicted molar refractivity (Wildman–Crippen MR) is 86.5 cm³/mol. The molecule has 1 heterocycles. The van der Waals surface area contributed by atoms with Crippen molar-refractivity contribution < 1.29 is 36.0 Å². The fraction of sp³-hybridized carbons (Fsp3) is 0.529. The molecule has 2 amide bonds. The maximum absolute atomic E-state index is 12.2. The molecule has 0 N–H and O–H groups in total. The zero-order valence-corrected chi connectivity index (χ0v) is 15.8. The van der Waals surface area contributed by atoms with E-state index in [0.29, 0.717) is 16.0 Å². The van der Waals surface area contributed by atoms with Crippen molar-refractivity contribution in [3.63, 3.8) is 0 Å². The minimum Gasteiger partial charge on any atom is -1.00 e. The van der Waals surface area contributed by atoms with Gasteiger partial charge in [0, 0.05) is 19.0 Å². The molecule has 1 aromatic rings. The maximum Gasteiger partial charge on any atom is 0.422 e.